The molecule has 0 saturated carbocycles. The van der Waals surface area contributed by atoms with Gasteiger partial charge in [0, 0.05) is 49.9 Å². The van der Waals surface area contributed by atoms with Gasteiger partial charge in [-0.3, -0.25) is 25.6 Å². The summed E-state index contributed by atoms with van der Waals surface area (Å²) in [7, 11) is 0. The van der Waals surface area contributed by atoms with Crippen LogP contribution in [-0.4, -0.2) is 52.5 Å². The Hall–Kier alpha value is -3.29. The summed E-state index contributed by atoms with van der Waals surface area (Å²) < 4.78 is 0. The minimum atomic E-state index is -0.909. The molecule has 3 N–H and O–H groups in total. The number of hydrogen-bond acceptors (Lipinski definition) is 5. The van der Waals surface area contributed by atoms with Crippen LogP contribution in [-0.2, 0) is 15.1 Å². The summed E-state index contributed by atoms with van der Waals surface area (Å²) in [6.07, 6.45) is 4.96. The van der Waals surface area contributed by atoms with Crippen molar-refractivity contribution in [3.63, 3.8) is 0 Å². The minimum absolute atomic E-state index is 0.0119. The second kappa shape index (κ2) is 8.81. The molecule has 2 aliphatic heterocycles. The molecule has 2 aliphatic rings. The third-order valence-electron chi connectivity index (χ3n) is 7.39. The SMILES string of the molecule is CC(=O)N1CCC(CN2C(=O)C(C)(c3cccc(-c4cncc5ccccc45)c3)NC2N)CC1. The van der Waals surface area contributed by atoms with Crippen LogP contribution in [0.4, 0.5) is 0 Å². The van der Waals surface area contributed by atoms with E-state index in [2.05, 4.69) is 34.6 Å². The first kappa shape index (κ1) is 22.5. The van der Waals surface area contributed by atoms with Gasteiger partial charge in [0.15, 0.2) is 0 Å². The number of nitrogens with one attached hydrogen (secondary N) is 1. The third-order valence-corrected chi connectivity index (χ3v) is 7.39. The molecule has 3 aromatic rings. The summed E-state index contributed by atoms with van der Waals surface area (Å²) >= 11 is 0. The number of piperidine rings is 1. The number of nitrogens with zero attached hydrogens (tertiary/aromatic N) is 3. The normalized spacial score (nSPS) is 23.6. The number of benzene rings is 2. The Morgan fingerprint density at radius 3 is 2.68 bits per heavy atom. The van der Waals surface area contributed by atoms with E-state index in [1.807, 2.05) is 48.5 Å². The highest BCUT2D eigenvalue weighted by Gasteiger charge is 2.48. The minimum Gasteiger partial charge on any atom is -0.343 e. The molecule has 2 unspecified atom stereocenters. The van der Waals surface area contributed by atoms with E-state index in [9.17, 15) is 9.59 Å². The maximum absolute atomic E-state index is 13.7. The highest BCUT2D eigenvalue weighted by Crippen LogP contribution is 2.35. The molecule has 34 heavy (non-hydrogen) atoms. The number of rotatable bonds is 4. The number of likely N-dealkylation sites (tertiary alicyclic amines) is 1. The number of carbonyl (C=O) groups excluding carboxylic acids is 2. The van der Waals surface area contributed by atoms with E-state index in [-0.39, 0.29) is 11.8 Å². The fraction of sp³-hybridized carbons (Fsp3) is 0.370. The maximum Gasteiger partial charge on any atom is 0.249 e. The average molecular weight is 458 g/mol. The molecule has 176 valence electrons. The first-order chi connectivity index (χ1) is 16.4. The summed E-state index contributed by atoms with van der Waals surface area (Å²) in [5.41, 5.74) is 8.44. The van der Waals surface area contributed by atoms with Crippen LogP contribution < -0.4 is 11.1 Å². The van der Waals surface area contributed by atoms with E-state index in [4.69, 9.17) is 5.73 Å². The Morgan fingerprint density at radius 2 is 1.91 bits per heavy atom. The van der Waals surface area contributed by atoms with Crippen molar-refractivity contribution in [1.29, 1.82) is 0 Å². The Kier molecular flexibility index (Phi) is 5.83. The first-order valence-corrected chi connectivity index (χ1v) is 11.9. The van der Waals surface area contributed by atoms with E-state index < -0.39 is 11.8 Å². The number of pyridine rings is 1. The lowest BCUT2D eigenvalue weighted by atomic mass is 9.88. The zero-order chi connectivity index (χ0) is 23.9. The predicted molar refractivity (Wildman–Crippen MR) is 132 cm³/mol. The van der Waals surface area contributed by atoms with Gasteiger partial charge in [-0.1, -0.05) is 42.5 Å². The fourth-order valence-corrected chi connectivity index (χ4v) is 5.31. The van der Waals surface area contributed by atoms with Gasteiger partial charge in [-0.05, 0) is 48.3 Å². The van der Waals surface area contributed by atoms with Gasteiger partial charge in [0.25, 0.3) is 0 Å². The molecular weight excluding hydrogens is 426 g/mol. The Balaban J connectivity index is 1.39. The van der Waals surface area contributed by atoms with E-state index in [0.717, 1.165) is 53.4 Å². The molecule has 5 rings (SSSR count). The van der Waals surface area contributed by atoms with Crippen molar-refractivity contribution in [2.75, 3.05) is 19.6 Å². The lowest BCUT2D eigenvalue weighted by Gasteiger charge is -2.34. The lowest BCUT2D eigenvalue weighted by Crippen LogP contribution is -2.48. The van der Waals surface area contributed by atoms with Gasteiger partial charge < -0.3 is 9.80 Å². The first-order valence-electron chi connectivity index (χ1n) is 11.9. The van der Waals surface area contributed by atoms with E-state index in [1.54, 1.807) is 11.8 Å². The Morgan fingerprint density at radius 1 is 1.15 bits per heavy atom. The molecular formula is C27H31N5O2. The molecule has 2 fully saturated rings. The van der Waals surface area contributed by atoms with Crippen LogP contribution in [0.15, 0.2) is 60.9 Å². The summed E-state index contributed by atoms with van der Waals surface area (Å²) in [5, 5.41) is 5.56. The predicted octanol–water partition coefficient (Wildman–Crippen LogP) is 3.05. The Bertz CT molecular complexity index is 1230. The van der Waals surface area contributed by atoms with Crippen LogP contribution >= 0.6 is 0 Å². The summed E-state index contributed by atoms with van der Waals surface area (Å²) in [6.45, 7) is 5.60. The van der Waals surface area contributed by atoms with Crippen LogP contribution in [0.1, 0.15) is 32.3 Å². The Labute approximate surface area is 199 Å². The highest BCUT2D eigenvalue weighted by atomic mass is 16.2. The van der Waals surface area contributed by atoms with E-state index in [0.29, 0.717) is 12.5 Å². The highest BCUT2D eigenvalue weighted by molar-refractivity contribution is 5.96. The van der Waals surface area contributed by atoms with Crippen LogP contribution in [0.3, 0.4) is 0 Å². The molecule has 7 heteroatoms. The van der Waals surface area contributed by atoms with Gasteiger partial charge in [0.05, 0.1) is 0 Å². The van der Waals surface area contributed by atoms with Crippen molar-refractivity contribution in [3.05, 3.63) is 66.5 Å². The molecule has 2 atom stereocenters. The number of fused-ring (bicyclic) bond motifs is 1. The van der Waals surface area contributed by atoms with Crippen molar-refractivity contribution in [2.45, 2.75) is 38.5 Å². The number of nitrogens with two attached hydrogens (primary N) is 1. The van der Waals surface area contributed by atoms with Gasteiger partial charge in [-0.25, -0.2) is 0 Å². The molecule has 0 aliphatic carbocycles. The molecule has 2 amide bonds. The molecule has 1 aromatic heterocycles. The van der Waals surface area contributed by atoms with Crippen molar-refractivity contribution in [2.24, 2.45) is 11.7 Å². The molecule has 7 nitrogen and oxygen atoms in total. The number of amides is 2. The largest absolute Gasteiger partial charge is 0.343 e. The maximum atomic E-state index is 13.7. The lowest BCUT2D eigenvalue weighted by molar-refractivity contribution is -0.135. The van der Waals surface area contributed by atoms with E-state index in [1.165, 1.54) is 0 Å². The van der Waals surface area contributed by atoms with Crippen LogP contribution in [0.2, 0.25) is 0 Å². The van der Waals surface area contributed by atoms with Crippen molar-refractivity contribution in [3.8, 4) is 11.1 Å². The van der Waals surface area contributed by atoms with Crippen LogP contribution in [0.25, 0.3) is 21.9 Å². The smallest absolute Gasteiger partial charge is 0.249 e. The van der Waals surface area contributed by atoms with Crippen molar-refractivity contribution < 1.29 is 9.59 Å². The molecule has 0 radical (unpaired) electrons. The summed E-state index contributed by atoms with van der Waals surface area (Å²) in [4.78, 5) is 33.3. The van der Waals surface area contributed by atoms with Crippen LogP contribution in [0.5, 0.6) is 0 Å². The summed E-state index contributed by atoms with van der Waals surface area (Å²) in [6, 6.07) is 16.3. The third kappa shape index (κ3) is 3.95. The topological polar surface area (TPSA) is 91.6 Å². The van der Waals surface area contributed by atoms with E-state index >= 15 is 0 Å². The van der Waals surface area contributed by atoms with Gasteiger partial charge in [-0.15, -0.1) is 0 Å². The standard InChI is InChI=1S/C27H31N5O2/c1-18(33)31-12-10-19(11-13-31)17-32-25(34)27(2,30-26(32)28)22-8-5-7-20(14-22)24-16-29-15-21-6-3-4-9-23(21)24/h3-9,14-16,19,26,30H,10-13,17,28H2,1-2H3. The summed E-state index contributed by atoms with van der Waals surface area (Å²) in [5.74, 6) is 0.438. The van der Waals surface area contributed by atoms with Crippen molar-refractivity contribution >= 4 is 22.6 Å². The van der Waals surface area contributed by atoms with Gasteiger partial charge in [-0.2, -0.15) is 0 Å². The second-order valence-corrected chi connectivity index (χ2v) is 9.61. The number of aromatic nitrogens is 1. The second-order valence-electron chi connectivity index (χ2n) is 9.61. The van der Waals surface area contributed by atoms with Crippen LogP contribution in [0, 0.1) is 5.92 Å². The zero-order valence-corrected chi connectivity index (χ0v) is 19.7. The molecule has 3 heterocycles. The number of hydrogen-bond donors (Lipinski definition) is 2. The quantitative estimate of drug-likeness (QED) is 0.628. The molecule has 2 aromatic carbocycles. The average Bonchev–Trinajstić information content (AvgIpc) is 3.08. The molecule has 2 saturated heterocycles. The molecule has 0 bridgehead atoms. The van der Waals surface area contributed by atoms with Gasteiger partial charge in [0.2, 0.25) is 11.8 Å². The monoisotopic (exact) mass is 457 g/mol. The van der Waals surface area contributed by atoms with Gasteiger partial charge in [0.1, 0.15) is 11.8 Å². The zero-order valence-electron chi connectivity index (χ0n) is 19.7. The van der Waals surface area contributed by atoms with Gasteiger partial charge >= 0.3 is 0 Å². The fourth-order valence-electron chi connectivity index (χ4n) is 5.31. The molecule has 0 spiro atoms. The number of carbonyl (C=O) groups is 2. The van der Waals surface area contributed by atoms with Crippen molar-refractivity contribution in [1.82, 2.24) is 20.1 Å².